The minimum absolute atomic E-state index is 0.0253. The topological polar surface area (TPSA) is 76.0 Å². The zero-order valence-electron chi connectivity index (χ0n) is 15.4. The molecule has 1 fully saturated rings. The van der Waals surface area contributed by atoms with Crippen LogP contribution in [-0.2, 0) is 11.8 Å². The van der Waals surface area contributed by atoms with Crippen molar-refractivity contribution in [1.29, 1.82) is 0 Å². The van der Waals surface area contributed by atoms with E-state index in [4.69, 9.17) is 0 Å². The summed E-state index contributed by atoms with van der Waals surface area (Å²) in [4.78, 5) is 24.9. The first-order chi connectivity index (χ1) is 12.5. The summed E-state index contributed by atoms with van der Waals surface area (Å²) in [5, 5.41) is 10.1. The van der Waals surface area contributed by atoms with Crippen LogP contribution in [0.15, 0.2) is 36.4 Å². The molecule has 1 aromatic carbocycles. The second kappa shape index (κ2) is 8.17. The van der Waals surface area contributed by atoms with Crippen LogP contribution in [0.3, 0.4) is 0 Å². The van der Waals surface area contributed by atoms with Crippen LogP contribution in [0, 0.1) is 5.92 Å². The lowest BCUT2D eigenvalue weighted by atomic mass is 9.89. The second-order valence-electron chi connectivity index (χ2n) is 6.97. The maximum atomic E-state index is 12.5. The van der Waals surface area contributed by atoms with Crippen molar-refractivity contribution in [1.82, 2.24) is 15.1 Å². The molecular weight excluding hydrogens is 328 g/mol. The Labute approximate surface area is 154 Å². The number of carbonyl (C=O) groups is 2. The number of aryl methyl sites for hydroxylation is 1. The van der Waals surface area contributed by atoms with E-state index in [0.717, 1.165) is 31.2 Å². The summed E-state index contributed by atoms with van der Waals surface area (Å²) < 4.78 is 1.54. The molecule has 26 heavy (non-hydrogen) atoms. The number of nitrogens with one attached hydrogen (secondary N) is 2. The predicted molar refractivity (Wildman–Crippen MR) is 101 cm³/mol. The number of aromatic nitrogens is 2. The van der Waals surface area contributed by atoms with Gasteiger partial charge in [-0.05, 0) is 25.3 Å². The number of hydrogen-bond donors (Lipinski definition) is 2. The fraction of sp³-hybridized carbons (Fsp3) is 0.450. The Morgan fingerprint density at radius 3 is 2.54 bits per heavy atom. The van der Waals surface area contributed by atoms with Gasteiger partial charge in [0.05, 0.1) is 6.04 Å². The Bertz CT molecular complexity index is 763. The van der Waals surface area contributed by atoms with Gasteiger partial charge in [0, 0.05) is 19.0 Å². The zero-order chi connectivity index (χ0) is 18.5. The fourth-order valence-corrected chi connectivity index (χ4v) is 3.38. The molecule has 0 radical (unpaired) electrons. The van der Waals surface area contributed by atoms with Gasteiger partial charge in [0.1, 0.15) is 5.82 Å². The van der Waals surface area contributed by atoms with Gasteiger partial charge >= 0.3 is 0 Å². The summed E-state index contributed by atoms with van der Waals surface area (Å²) in [6, 6.07) is 11.3. The molecule has 1 heterocycles. The monoisotopic (exact) mass is 354 g/mol. The Kier molecular flexibility index (Phi) is 5.71. The molecule has 1 aliphatic rings. The number of rotatable bonds is 5. The van der Waals surface area contributed by atoms with Crippen molar-refractivity contribution >= 4 is 17.6 Å². The summed E-state index contributed by atoms with van der Waals surface area (Å²) >= 11 is 0. The maximum Gasteiger partial charge on any atom is 0.272 e. The first-order valence-electron chi connectivity index (χ1n) is 9.25. The molecule has 0 aliphatic heterocycles. The van der Waals surface area contributed by atoms with Crippen molar-refractivity contribution in [3.8, 4) is 0 Å². The molecule has 2 N–H and O–H groups in total. The van der Waals surface area contributed by atoms with Crippen LogP contribution in [0.2, 0.25) is 0 Å². The van der Waals surface area contributed by atoms with Crippen molar-refractivity contribution < 1.29 is 9.59 Å². The molecular formula is C20H26N4O2. The van der Waals surface area contributed by atoms with Crippen molar-refractivity contribution in [2.24, 2.45) is 13.0 Å². The number of anilines is 1. The van der Waals surface area contributed by atoms with Gasteiger partial charge in [0.2, 0.25) is 5.91 Å². The van der Waals surface area contributed by atoms with Gasteiger partial charge in [0.25, 0.3) is 5.91 Å². The number of hydrogen-bond acceptors (Lipinski definition) is 3. The van der Waals surface area contributed by atoms with Gasteiger partial charge in [-0.3, -0.25) is 14.3 Å². The fourth-order valence-electron chi connectivity index (χ4n) is 3.38. The SMILES string of the molecule is CC(NC(=O)c1cc(NC(=O)C2CCCCC2)n(C)n1)c1ccccc1. The molecule has 1 saturated carbocycles. The van der Waals surface area contributed by atoms with Gasteiger partial charge < -0.3 is 10.6 Å². The molecule has 1 aliphatic carbocycles. The smallest absolute Gasteiger partial charge is 0.272 e. The van der Waals surface area contributed by atoms with Gasteiger partial charge in [-0.15, -0.1) is 0 Å². The second-order valence-corrected chi connectivity index (χ2v) is 6.97. The van der Waals surface area contributed by atoms with E-state index < -0.39 is 0 Å². The number of benzene rings is 1. The van der Waals surface area contributed by atoms with Gasteiger partial charge in [0.15, 0.2) is 5.69 Å². The van der Waals surface area contributed by atoms with Gasteiger partial charge in [-0.1, -0.05) is 49.6 Å². The molecule has 0 bridgehead atoms. The van der Waals surface area contributed by atoms with Crippen LogP contribution in [0.25, 0.3) is 0 Å². The first-order valence-corrected chi connectivity index (χ1v) is 9.25. The molecule has 1 atom stereocenters. The van der Waals surface area contributed by atoms with Crippen LogP contribution in [0.5, 0.6) is 0 Å². The lowest BCUT2D eigenvalue weighted by Gasteiger charge is -2.20. The van der Waals surface area contributed by atoms with E-state index in [1.54, 1.807) is 17.8 Å². The molecule has 1 unspecified atom stereocenters. The minimum Gasteiger partial charge on any atom is -0.344 e. The van der Waals surface area contributed by atoms with E-state index in [0.29, 0.717) is 11.5 Å². The summed E-state index contributed by atoms with van der Waals surface area (Å²) in [6.07, 6.45) is 5.29. The molecule has 2 amide bonds. The van der Waals surface area contributed by atoms with Crippen molar-refractivity contribution in [2.45, 2.75) is 45.1 Å². The normalized spacial score (nSPS) is 16.1. The lowest BCUT2D eigenvalue weighted by Crippen LogP contribution is -2.27. The molecule has 6 nitrogen and oxygen atoms in total. The standard InChI is InChI=1S/C20H26N4O2/c1-14(15-9-5-3-6-10-15)21-20(26)17-13-18(24(2)23-17)22-19(25)16-11-7-4-8-12-16/h3,5-6,9-10,13-14,16H,4,7-8,11-12H2,1-2H3,(H,21,26)(H,22,25). The van der Waals surface area contributed by atoms with Crippen LogP contribution in [0.4, 0.5) is 5.82 Å². The van der Waals surface area contributed by atoms with Gasteiger partial charge in [-0.25, -0.2) is 0 Å². The predicted octanol–water partition coefficient (Wildman–Crippen LogP) is 3.43. The van der Waals surface area contributed by atoms with E-state index >= 15 is 0 Å². The Morgan fingerprint density at radius 2 is 1.85 bits per heavy atom. The third-order valence-electron chi connectivity index (χ3n) is 4.99. The Balaban J connectivity index is 1.63. The zero-order valence-corrected chi connectivity index (χ0v) is 15.4. The van der Waals surface area contributed by atoms with Crippen LogP contribution in [0.1, 0.15) is 61.1 Å². The number of carbonyl (C=O) groups excluding carboxylic acids is 2. The van der Waals surface area contributed by atoms with Gasteiger partial charge in [-0.2, -0.15) is 5.10 Å². The highest BCUT2D eigenvalue weighted by Crippen LogP contribution is 2.25. The highest BCUT2D eigenvalue weighted by atomic mass is 16.2. The van der Waals surface area contributed by atoms with Crippen LogP contribution >= 0.6 is 0 Å². The highest BCUT2D eigenvalue weighted by Gasteiger charge is 2.23. The summed E-state index contributed by atoms with van der Waals surface area (Å²) in [7, 11) is 1.73. The van der Waals surface area contributed by atoms with E-state index in [9.17, 15) is 9.59 Å². The average molecular weight is 354 g/mol. The summed E-state index contributed by atoms with van der Waals surface area (Å²) in [5.74, 6) is 0.388. The molecule has 2 aromatic rings. The van der Waals surface area contributed by atoms with E-state index in [1.165, 1.54) is 6.42 Å². The third kappa shape index (κ3) is 4.31. The third-order valence-corrected chi connectivity index (χ3v) is 4.99. The highest BCUT2D eigenvalue weighted by molar-refractivity contribution is 5.96. The molecule has 138 valence electrons. The molecule has 1 aromatic heterocycles. The molecule has 0 spiro atoms. The molecule has 3 rings (SSSR count). The average Bonchev–Trinajstić information content (AvgIpc) is 3.03. The molecule has 0 saturated heterocycles. The van der Waals surface area contributed by atoms with Crippen LogP contribution in [-0.4, -0.2) is 21.6 Å². The maximum absolute atomic E-state index is 12.5. The van der Waals surface area contributed by atoms with Crippen LogP contribution < -0.4 is 10.6 Å². The Morgan fingerprint density at radius 1 is 1.15 bits per heavy atom. The van der Waals surface area contributed by atoms with E-state index in [1.807, 2.05) is 37.3 Å². The van der Waals surface area contributed by atoms with Crippen molar-refractivity contribution in [2.75, 3.05) is 5.32 Å². The number of nitrogens with zero attached hydrogens (tertiary/aromatic N) is 2. The largest absolute Gasteiger partial charge is 0.344 e. The summed E-state index contributed by atoms with van der Waals surface area (Å²) in [5.41, 5.74) is 1.33. The Hall–Kier alpha value is -2.63. The minimum atomic E-state index is -0.255. The quantitative estimate of drug-likeness (QED) is 0.864. The number of amides is 2. The lowest BCUT2D eigenvalue weighted by molar-refractivity contribution is -0.120. The van der Waals surface area contributed by atoms with Crippen molar-refractivity contribution in [3.63, 3.8) is 0 Å². The summed E-state index contributed by atoms with van der Waals surface area (Å²) in [6.45, 7) is 1.93. The molecule has 6 heteroatoms. The first kappa shape index (κ1) is 18.2. The van der Waals surface area contributed by atoms with E-state index in [2.05, 4.69) is 15.7 Å². The van der Waals surface area contributed by atoms with E-state index in [-0.39, 0.29) is 23.8 Å². The van der Waals surface area contributed by atoms with Crippen molar-refractivity contribution in [3.05, 3.63) is 47.7 Å².